The molecular formula is C23H18ClF3N2O2S. The first-order valence-electron chi connectivity index (χ1n) is 9.69. The molecule has 0 saturated heterocycles. The number of halogens is 4. The van der Waals surface area contributed by atoms with Crippen LogP contribution in [-0.2, 0) is 22.6 Å². The SMILES string of the molecule is Cc1c(Cl)cccc1S(=O)(=O)Nc1cccc(C2=NCCc3cc(C(F)(F)F)ccc32)c1. The molecule has 4 nitrogen and oxygen atoms in total. The van der Waals surface area contributed by atoms with Crippen molar-refractivity contribution in [2.75, 3.05) is 11.3 Å². The van der Waals surface area contributed by atoms with Crippen molar-refractivity contribution in [1.29, 1.82) is 0 Å². The zero-order valence-electron chi connectivity index (χ0n) is 16.9. The maximum Gasteiger partial charge on any atom is 0.416 e. The predicted molar refractivity (Wildman–Crippen MR) is 119 cm³/mol. The Hall–Kier alpha value is -2.84. The van der Waals surface area contributed by atoms with Crippen molar-refractivity contribution in [1.82, 2.24) is 0 Å². The Morgan fingerprint density at radius 3 is 2.53 bits per heavy atom. The minimum Gasteiger partial charge on any atom is -0.284 e. The van der Waals surface area contributed by atoms with Crippen LogP contribution in [0.1, 0.15) is 27.8 Å². The van der Waals surface area contributed by atoms with Gasteiger partial charge >= 0.3 is 6.18 Å². The van der Waals surface area contributed by atoms with E-state index in [1.165, 1.54) is 12.1 Å². The van der Waals surface area contributed by atoms with Crippen LogP contribution in [0.25, 0.3) is 0 Å². The van der Waals surface area contributed by atoms with Gasteiger partial charge in [-0.25, -0.2) is 8.42 Å². The van der Waals surface area contributed by atoms with Crippen LogP contribution in [0, 0.1) is 6.92 Å². The number of alkyl halides is 3. The molecule has 0 aliphatic carbocycles. The van der Waals surface area contributed by atoms with Crippen LogP contribution in [0.15, 0.2) is 70.6 Å². The van der Waals surface area contributed by atoms with Crippen molar-refractivity contribution in [2.24, 2.45) is 4.99 Å². The molecule has 32 heavy (non-hydrogen) atoms. The average molecular weight is 479 g/mol. The molecule has 3 aromatic rings. The van der Waals surface area contributed by atoms with Gasteiger partial charge in [0.25, 0.3) is 10.0 Å². The number of aliphatic imine (C=N–C) groups is 1. The van der Waals surface area contributed by atoms with Crippen molar-refractivity contribution in [3.63, 3.8) is 0 Å². The molecule has 3 aromatic carbocycles. The summed E-state index contributed by atoms with van der Waals surface area (Å²) in [4.78, 5) is 4.56. The van der Waals surface area contributed by atoms with E-state index in [1.54, 1.807) is 43.3 Å². The summed E-state index contributed by atoms with van der Waals surface area (Å²) in [6.45, 7) is 1.97. The first kappa shape index (κ1) is 22.4. The Kier molecular flexibility index (Phi) is 5.77. The molecule has 0 spiro atoms. The van der Waals surface area contributed by atoms with E-state index in [1.807, 2.05) is 0 Å². The summed E-state index contributed by atoms with van der Waals surface area (Å²) in [6.07, 6.45) is -4.01. The molecule has 0 saturated carbocycles. The number of benzene rings is 3. The lowest BCUT2D eigenvalue weighted by Crippen LogP contribution is -2.17. The Morgan fingerprint density at radius 1 is 1.03 bits per heavy atom. The zero-order chi connectivity index (χ0) is 23.1. The lowest BCUT2D eigenvalue weighted by Gasteiger charge is -2.19. The summed E-state index contributed by atoms with van der Waals surface area (Å²) < 4.78 is 67.6. The van der Waals surface area contributed by atoms with Gasteiger partial charge in [-0.15, -0.1) is 0 Å². The Bertz CT molecular complexity index is 1340. The van der Waals surface area contributed by atoms with E-state index < -0.39 is 21.8 Å². The van der Waals surface area contributed by atoms with Gasteiger partial charge in [0.15, 0.2) is 0 Å². The van der Waals surface area contributed by atoms with Crippen molar-refractivity contribution >= 4 is 33.0 Å². The third kappa shape index (κ3) is 4.38. The lowest BCUT2D eigenvalue weighted by molar-refractivity contribution is -0.137. The van der Waals surface area contributed by atoms with Gasteiger partial charge in [-0.05, 0) is 60.9 Å². The number of rotatable bonds is 4. The molecule has 0 fully saturated rings. The van der Waals surface area contributed by atoms with Crippen LogP contribution >= 0.6 is 11.6 Å². The highest BCUT2D eigenvalue weighted by molar-refractivity contribution is 7.92. The summed E-state index contributed by atoms with van der Waals surface area (Å²) >= 11 is 6.06. The van der Waals surface area contributed by atoms with E-state index in [0.717, 1.165) is 12.1 Å². The highest BCUT2D eigenvalue weighted by atomic mass is 35.5. The molecule has 0 bridgehead atoms. The van der Waals surface area contributed by atoms with Crippen molar-refractivity contribution < 1.29 is 21.6 Å². The van der Waals surface area contributed by atoms with Gasteiger partial charge in [0, 0.05) is 28.4 Å². The monoisotopic (exact) mass is 478 g/mol. The maximum absolute atomic E-state index is 13.1. The van der Waals surface area contributed by atoms with Crippen LogP contribution in [0.2, 0.25) is 5.02 Å². The minimum atomic E-state index is -4.42. The first-order chi connectivity index (χ1) is 15.1. The minimum absolute atomic E-state index is 0.0652. The van der Waals surface area contributed by atoms with Crippen LogP contribution in [0.5, 0.6) is 0 Å². The molecule has 0 atom stereocenters. The van der Waals surface area contributed by atoms with Gasteiger partial charge in [-0.2, -0.15) is 13.2 Å². The third-order valence-electron chi connectivity index (χ3n) is 5.23. The van der Waals surface area contributed by atoms with Gasteiger partial charge in [0.1, 0.15) is 0 Å². The van der Waals surface area contributed by atoms with Gasteiger partial charge in [0.2, 0.25) is 0 Å². The van der Waals surface area contributed by atoms with Crippen LogP contribution in [0.3, 0.4) is 0 Å². The van der Waals surface area contributed by atoms with Gasteiger partial charge in [-0.3, -0.25) is 9.71 Å². The molecule has 1 aliphatic heterocycles. The number of hydrogen-bond acceptors (Lipinski definition) is 3. The standard InChI is InChI=1S/C23H18ClF3N2O2S/c1-14-20(24)6-3-7-21(14)32(30,31)29-18-5-2-4-16(13-18)22-19-9-8-17(23(25,26)27)12-15(19)10-11-28-22/h2-9,12-13,29H,10-11H2,1H3. The fraction of sp³-hybridized carbons (Fsp3) is 0.174. The number of nitrogens with zero attached hydrogens (tertiary/aromatic N) is 1. The number of nitrogens with one attached hydrogen (secondary N) is 1. The second-order valence-electron chi connectivity index (χ2n) is 7.40. The van der Waals surface area contributed by atoms with Crippen molar-refractivity contribution in [3.8, 4) is 0 Å². The van der Waals surface area contributed by atoms with Gasteiger partial charge in [0.05, 0.1) is 16.2 Å². The summed E-state index contributed by atoms with van der Waals surface area (Å²) in [5, 5.41) is 0.341. The number of sulfonamides is 1. The molecule has 0 unspecified atom stereocenters. The maximum atomic E-state index is 13.1. The molecule has 1 N–H and O–H groups in total. The van der Waals surface area contributed by atoms with E-state index in [2.05, 4.69) is 9.71 Å². The Labute approximate surface area is 188 Å². The molecule has 0 amide bonds. The third-order valence-corrected chi connectivity index (χ3v) is 7.17. The topological polar surface area (TPSA) is 58.5 Å². The molecule has 0 radical (unpaired) electrons. The normalized spacial score (nSPS) is 14.0. The fourth-order valence-corrected chi connectivity index (χ4v) is 5.20. The number of hydrogen-bond donors (Lipinski definition) is 1. The van der Waals surface area contributed by atoms with E-state index >= 15 is 0 Å². The molecule has 1 aliphatic rings. The number of fused-ring (bicyclic) bond motifs is 1. The summed E-state index contributed by atoms with van der Waals surface area (Å²) in [7, 11) is -3.90. The molecule has 1 heterocycles. The van der Waals surface area contributed by atoms with E-state index in [4.69, 9.17) is 11.6 Å². The molecule has 166 valence electrons. The molecule has 0 aromatic heterocycles. The van der Waals surface area contributed by atoms with Crippen LogP contribution in [0.4, 0.5) is 18.9 Å². The summed E-state index contributed by atoms with van der Waals surface area (Å²) in [6, 6.07) is 14.9. The lowest BCUT2D eigenvalue weighted by atomic mass is 9.91. The smallest absolute Gasteiger partial charge is 0.284 e. The highest BCUT2D eigenvalue weighted by Crippen LogP contribution is 2.33. The molecule has 4 rings (SSSR count). The molecule has 9 heteroatoms. The van der Waals surface area contributed by atoms with Crippen molar-refractivity contribution in [2.45, 2.75) is 24.4 Å². The average Bonchev–Trinajstić information content (AvgIpc) is 2.74. The Morgan fingerprint density at radius 2 is 1.78 bits per heavy atom. The quantitative estimate of drug-likeness (QED) is 0.510. The second kappa shape index (κ2) is 8.26. The summed E-state index contributed by atoms with van der Waals surface area (Å²) in [5.74, 6) is 0. The van der Waals surface area contributed by atoms with E-state index in [0.29, 0.717) is 51.6 Å². The second-order valence-corrected chi connectivity index (χ2v) is 9.46. The summed E-state index contributed by atoms with van der Waals surface area (Å²) in [5.41, 5.74) is 2.34. The predicted octanol–water partition coefficient (Wildman–Crippen LogP) is 5.86. The van der Waals surface area contributed by atoms with E-state index in [9.17, 15) is 21.6 Å². The van der Waals surface area contributed by atoms with Gasteiger partial charge in [-0.1, -0.05) is 35.9 Å². The highest BCUT2D eigenvalue weighted by Gasteiger charge is 2.31. The van der Waals surface area contributed by atoms with E-state index in [-0.39, 0.29) is 4.90 Å². The zero-order valence-corrected chi connectivity index (χ0v) is 18.4. The fourth-order valence-electron chi connectivity index (χ4n) is 3.65. The van der Waals surface area contributed by atoms with Gasteiger partial charge < -0.3 is 0 Å². The largest absolute Gasteiger partial charge is 0.416 e. The Balaban J connectivity index is 1.67. The first-order valence-corrected chi connectivity index (χ1v) is 11.6. The van der Waals surface area contributed by atoms with Crippen LogP contribution in [-0.4, -0.2) is 20.7 Å². The molecular weight excluding hydrogens is 461 g/mol. The van der Waals surface area contributed by atoms with Crippen molar-refractivity contribution in [3.05, 3.63) is 93.5 Å². The number of anilines is 1. The van der Waals surface area contributed by atoms with Crippen LogP contribution < -0.4 is 4.72 Å².